The Morgan fingerprint density at radius 1 is 1.18 bits per heavy atom. The number of rotatable bonds is 5. The van der Waals surface area contributed by atoms with Gasteiger partial charge in [0.25, 0.3) is 0 Å². The van der Waals surface area contributed by atoms with Gasteiger partial charge in [0.05, 0.1) is 5.69 Å². The molecule has 22 heavy (non-hydrogen) atoms. The number of allylic oxidation sites excluding steroid dienone is 2. The lowest BCUT2D eigenvalue weighted by atomic mass is 9.97. The van der Waals surface area contributed by atoms with E-state index in [0.717, 1.165) is 5.56 Å². The summed E-state index contributed by atoms with van der Waals surface area (Å²) in [5.41, 5.74) is 2.79. The largest absolute Gasteiger partial charge is 0.290 e. The lowest BCUT2D eigenvalue weighted by Gasteiger charge is -2.10. The van der Waals surface area contributed by atoms with Gasteiger partial charge >= 0.3 is 0 Å². The first-order valence-electron chi connectivity index (χ1n) is 7.45. The van der Waals surface area contributed by atoms with Crippen LogP contribution in [0.25, 0.3) is 11.3 Å². The Hall–Kier alpha value is -2.36. The highest BCUT2D eigenvalue weighted by Gasteiger charge is 2.17. The van der Waals surface area contributed by atoms with Gasteiger partial charge in [0.2, 0.25) is 5.78 Å². The van der Waals surface area contributed by atoms with E-state index in [1.165, 1.54) is 5.57 Å². The predicted molar refractivity (Wildman–Crippen MR) is 87.4 cm³/mol. The molecule has 4 nitrogen and oxygen atoms in total. The molecular weight excluding hydrogens is 274 g/mol. The van der Waals surface area contributed by atoms with E-state index < -0.39 is 0 Å². The van der Waals surface area contributed by atoms with Gasteiger partial charge in [-0.25, -0.2) is 9.97 Å². The van der Waals surface area contributed by atoms with E-state index in [2.05, 4.69) is 28.8 Å². The zero-order chi connectivity index (χ0) is 16.1. The second-order valence-electron chi connectivity index (χ2n) is 5.73. The molecule has 0 radical (unpaired) electrons. The number of nitrogens with zero attached hydrogens (tertiary/aromatic N) is 3. The molecule has 0 aliphatic heterocycles. The lowest BCUT2D eigenvalue weighted by Crippen LogP contribution is -2.14. The Morgan fingerprint density at radius 3 is 2.59 bits per heavy atom. The SMILES string of the molecule is C/C(=C\[C@@H](C)C(=O)c1nccc(-c2cccnc2)n1)C(C)C. The first kappa shape index (κ1) is 16.0. The third-order valence-corrected chi connectivity index (χ3v) is 3.67. The number of hydrogen-bond donors (Lipinski definition) is 0. The highest BCUT2D eigenvalue weighted by molar-refractivity contribution is 5.95. The van der Waals surface area contributed by atoms with Crippen molar-refractivity contribution in [1.82, 2.24) is 15.0 Å². The molecule has 4 heteroatoms. The average molecular weight is 295 g/mol. The molecule has 2 rings (SSSR count). The molecular formula is C18H21N3O. The van der Waals surface area contributed by atoms with Crippen molar-refractivity contribution in [3.8, 4) is 11.3 Å². The van der Waals surface area contributed by atoms with Crippen LogP contribution in [0.4, 0.5) is 0 Å². The van der Waals surface area contributed by atoms with Crippen molar-refractivity contribution >= 4 is 5.78 Å². The Morgan fingerprint density at radius 2 is 1.95 bits per heavy atom. The van der Waals surface area contributed by atoms with Crippen LogP contribution < -0.4 is 0 Å². The first-order valence-corrected chi connectivity index (χ1v) is 7.45. The monoisotopic (exact) mass is 295 g/mol. The van der Waals surface area contributed by atoms with Crippen LogP contribution >= 0.6 is 0 Å². The molecule has 0 fully saturated rings. The number of carbonyl (C=O) groups excluding carboxylic acids is 1. The van der Waals surface area contributed by atoms with Crippen LogP contribution in [0.1, 0.15) is 38.3 Å². The van der Waals surface area contributed by atoms with Crippen molar-refractivity contribution in [1.29, 1.82) is 0 Å². The Balaban J connectivity index is 2.26. The molecule has 0 amide bonds. The van der Waals surface area contributed by atoms with E-state index in [1.807, 2.05) is 32.1 Å². The molecule has 2 heterocycles. The second kappa shape index (κ2) is 7.07. The molecule has 0 bridgehead atoms. The molecule has 0 aliphatic carbocycles. The van der Waals surface area contributed by atoms with Crippen molar-refractivity contribution in [3.63, 3.8) is 0 Å². The maximum Gasteiger partial charge on any atom is 0.206 e. The lowest BCUT2D eigenvalue weighted by molar-refractivity contribution is 0.0942. The van der Waals surface area contributed by atoms with Crippen molar-refractivity contribution < 1.29 is 4.79 Å². The molecule has 2 aromatic heterocycles. The summed E-state index contributed by atoms with van der Waals surface area (Å²) in [4.78, 5) is 25.1. The van der Waals surface area contributed by atoms with Crippen LogP contribution in [-0.4, -0.2) is 20.7 Å². The molecule has 0 spiro atoms. The van der Waals surface area contributed by atoms with E-state index in [0.29, 0.717) is 11.6 Å². The van der Waals surface area contributed by atoms with E-state index >= 15 is 0 Å². The number of hydrogen-bond acceptors (Lipinski definition) is 4. The second-order valence-corrected chi connectivity index (χ2v) is 5.73. The van der Waals surface area contributed by atoms with Crippen LogP contribution in [0.15, 0.2) is 48.4 Å². The minimum atomic E-state index is -0.230. The molecule has 0 aromatic carbocycles. The summed E-state index contributed by atoms with van der Waals surface area (Å²) in [6, 6.07) is 5.54. The zero-order valence-electron chi connectivity index (χ0n) is 13.4. The normalized spacial score (nSPS) is 13.2. The zero-order valence-corrected chi connectivity index (χ0v) is 13.4. The van der Waals surface area contributed by atoms with E-state index in [1.54, 1.807) is 24.7 Å². The van der Waals surface area contributed by atoms with Crippen LogP contribution in [-0.2, 0) is 0 Å². The highest BCUT2D eigenvalue weighted by Crippen LogP contribution is 2.17. The minimum Gasteiger partial charge on any atom is -0.290 e. The van der Waals surface area contributed by atoms with Gasteiger partial charge < -0.3 is 0 Å². The third-order valence-electron chi connectivity index (χ3n) is 3.67. The fourth-order valence-electron chi connectivity index (χ4n) is 2.02. The fourth-order valence-corrected chi connectivity index (χ4v) is 2.02. The van der Waals surface area contributed by atoms with Crippen molar-refractivity contribution in [3.05, 3.63) is 54.3 Å². The van der Waals surface area contributed by atoms with Crippen molar-refractivity contribution in [2.45, 2.75) is 27.7 Å². The molecule has 114 valence electrons. The Bertz CT molecular complexity index is 678. The number of ketones is 1. The molecule has 2 aromatic rings. The van der Waals surface area contributed by atoms with E-state index in [9.17, 15) is 4.79 Å². The van der Waals surface area contributed by atoms with Gasteiger partial charge in [-0.15, -0.1) is 0 Å². The summed E-state index contributed by atoms with van der Waals surface area (Å²) in [7, 11) is 0. The van der Waals surface area contributed by atoms with Crippen molar-refractivity contribution in [2.75, 3.05) is 0 Å². The van der Waals surface area contributed by atoms with E-state index in [-0.39, 0.29) is 17.5 Å². The van der Waals surface area contributed by atoms with Crippen molar-refractivity contribution in [2.24, 2.45) is 11.8 Å². The molecule has 0 aliphatic rings. The number of Topliss-reactive ketones (excluding diaryl/α,β-unsaturated/α-hetero) is 1. The van der Waals surface area contributed by atoms with Gasteiger partial charge in [0.1, 0.15) is 0 Å². The van der Waals surface area contributed by atoms with Gasteiger partial charge in [-0.05, 0) is 31.0 Å². The maximum absolute atomic E-state index is 12.5. The van der Waals surface area contributed by atoms with Crippen LogP contribution in [0.3, 0.4) is 0 Å². The van der Waals surface area contributed by atoms with Gasteiger partial charge in [-0.3, -0.25) is 9.78 Å². The Labute approximate surface area is 131 Å². The first-order chi connectivity index (χ1) is 10.5. The summed E-state index contributed by atoms with van der Waals surface area (Å²) in [6.07, 6.45) is 7.04. The summed E-state index contributed by atoms with van der Waals surface area (Å²) in [5, 5.41) is 0. The van der Waals surface area contributed by atoms with Crippen LogP contribution in [0.2, 0.25) is 0 Å². The number of carbonyl (C=O) groups is 1. The van der Waals surface area contributed by atoms with Gasteiger partial charge in [-0.1, -0.05) is 32.4 Å². The quantitative estimate of drug-likeness (QED) is 0.619. The molecule has 0 saturated carbocycles. The third kappa shape index (κ3) is 3.85. The summed E-state index contributed by atoms with van der Waals surface area (Å²) in [5.74, 6) is 0.386. The summed E-state index contributed by atoms with van der Waals surface area (Å²) >= 11 is 0. The highest BCUT2D eigenvalue weighted by atomic mass is 16.1. The minimum absolute atomic E-state index is 0.0641. The summed E-state index contributed by atoms with van der Waals surface area (Å²) in [6.45, 7) is 8.15. The smallest absolute Gasteiger partial charge is 0.206 e. The summed E-state index contributed by atoms with van der Waals surface area (Å²) < 4.78 is 0. The van der Waals surface area contributed by atoms with E-state index in [4.69, 9.17) is 0 Å². The predicted octanol–water partition coefficient (Wildman–Crippen LogP) is 3.96. The Kier molecular flexibility index (Phi) is 5.15. The maximum atomic E-state index is 12.5. The molecule has 0 saturated heterocycles. The van der Waals surface area contributed by atoms with Crippen LogP contribution in [0.5, 0.6) is 0 Å². The number of pyridine rings is 1. The average Bonchev–Trinajstić information content (AvgIpc) is 2.54. The van der Waals surface area contributed by atoms with Gasteiger partial charge in [-0.2, -0.15) is 0 Å². The molecule has 0 unspecified atom stereocenters. The molecule has 0 N–H and O–H groups in total. The standard InChI is InChI=1S/C18H21N3O/c1-12(2)13(3)10-14(4)17(22)18-20-9-7-16(21-18)15-6-5-8-19-11-15/h5-12,14H,1-4H3/b13-10+/t14-/m1/s1. The topological polar surface area (TPSA) is 55.7 Å². The van der Waals surface area contributed by atoms with Crippen LogP contribution in [0, 0.1) is 11.8 Å². The van der Waals surface area contributed by atoms with Gasteiger partial charge in [0.15, 0.2) is 5.82 Å². The fraction of sp³-hybridized carbons (Fsp3) is 0.333. The van der Waals surface area contributed by atoms with Gasteiger partial charge in [0, 0.05) is 30.1 Å². The molecule has 1 atom stereocenters. The number of aromatic nitrogens is 3.